The molecule has 0 saturated carbocycles. The van der Waals surface area contributed by atoms with Gasteiger partial charge in [-0.3, -0.25) is 14.9 Å². The molecule has 6 nitrogen and oxygen atoms in total. The maximum Gasteiger partial charge on any atom is 0.295 e. The molecule has 0 aromatic heterocycles. The summed E-state index contributed by atoms with van der Waals surface area (Å²) in [6, 6.07) is 3.18. The monoisotopic (exact) mass is 255 g/mol. The number of rotatable bonds is 5. The molecule has 1 amide bonds. The van der Waals surface area contributed by atoms with Crippen LogP contribution in [0, 0.1) is 21.3 Å². The van der Waals surface area contributed by atoms with Crippen LogP contribution in [0.5, 0.6) is 0 Å². The lowest BCUT2D eigenvalue weighted by Crippen LogP contribution is -2.37. The summed E-state index contributed by atoms with van der Waals surface area (Å²) in [6.07, 6.45) is 0. The van der Waals surface area contributed by atoms with Crippen molar-refractivity contribution >= 4 is 17.3 Å². The van der Waals surface area contributed by atoms with Gasteiger partial charge in [-0.05, 0) is 26.0 Å². The number of amides is 1. The first kappa shape index (κ1) is 13.9. The van der Waals surface area contributed by atoms with E-state index in [9.17, 15) is 19.3 Å². The molecule has 0 fully saturated rings. The molecule has 0 aliphatic heterocycles. The molecule has 18 heavy (non-hydrogen) atoms. The standard InChI is InChI=1S/C11H14FN3O3/c1-11(2,10(13)16)6-14-8-4-3-7(12)5-9(8)15(17)18/h3-5,14H,6H2,1-2H3,(H2,13,16). The molecule has 7 heteroatoms. The fourth-order valence-electron chi connectivity index (χ4n) is 1.21. The first-order chi connectivity index (χ1) is 8.24. The number of nitro groups is 1. The highest BCUT2D eigenvalue weighted by Gasteiger charge is 2.26. The molecule has 0 unspecified atom stereocenters. The Morgan fingerprint density at radius 2 is 2.17 bits per heavy atom. The summed E-state index contributed by atoms with van der Waals surface area (Å²) in [5.74, 6) is -1.22. The van der Waals surface area contributed by atoms with Gasteiger partial charge in [0.2, 0.25) is 5.91 Å². The lowest BCUT2D eigenvalue weighted by molar-refractivity contribution is -0.384. The van der Waals surface area contributed by atoms with Crippen molar-refractivity contribution in [3.8, 4) is 0 Å². The van der Waals surface area contributed by atoms with E-state index in [2.05, 4.69) is 5.32 Å². The van der Waals surface area contributed by atoms with Crippen LogP contribution in [0.15, 0.2) is 18.2 Å². The second-order valence-corrected chi connectivity index (χ2v) is 4.52. The smallest absolute Gasteiger partial charge is 0.295 e. The highest BCUT2D eigenvalue weighted by Crippen LogP contribution is 2.26. The Morgan fingerprint density at radius 3 is 2.67 bits per heavy atom. The number of primary amides is 1. The van der Waals surface area contributed by atoms with Crippen LogP contribution in [0.4, 0.5) is 15.8 Å². The van der Waals surface area contributed by atoms with Crippen molar-refractivity contribution in [3.05, 3.63) is 34.1 Å². The van der Waals surface area contributed by atoms with Gasteiger partial charge >= 0.3 is 0 Å². The fraction of sp³-hybridized carbons (Fsp3) is 0.364. The maximum absolute atomic E-state index is 12.9. The zero-order valence-corrected chi connectivity index (χ0v) is 10.1. The van der Waals surface area contributed by atoms with E-state index in [4.69, 9.17) is 5.73 Å². The molecule has 0 heterocycles. The Balaban J connectivity index is 2.92. The highest BCUT2D eigenvalue weighted by atomic mass is 19.1. The summed E-state index contributed by atoms with van der Waals surface area (Å²) >= 11 is 0. The van der Waals surface area contributed by atoms with Gasteiger partial charge in [0.1, 0.15) is 11.5 Å². The third kappa shape index (κ3) is 3.16. The number of hydrogen-bond donors (Lipinski definition) is 2. The van der Waals surface area contributed by atoms with Crippen LogP contribution in [0.1, 0.15) is 13.8 Å². The summed E-state index contributed by atoms with van der Waals surface area (Å²) in [7, 11) is 0. The minimum Gasteiger partial charge on any atom is -0.378 e. The first-order valence-corrected chi connectivity index (χ1v) is 5.22. The second-order valence-electron chi connectivity index (χ2n) is 4.52. The average molecular weight is 255 g/mol. The molecule has 0 saturated heterocycles. The Labute approximate surface area is 103 Å². The van der Waals surface area contributed by atoms with Crippen LogP contribution in [-0.4, -0.2) is 17.4 Å². The van der Waals surface area contributed by atoms with Crippen molar-refractivity contribution in [2.75, 3.05) is 11.9 Å². The quantitative estimate of drug-likeness (QED) is 0.617. The molecule has 98 valence electrons. The summed E-state index contributed by atoms with van der Waals surface area (Å²) in [4.78, 5) is 21.2. The van der Waals surface area contributed by atoms with Gasteiger partial charge < -0.3 is 11.1 Å². The SMILES string of the molecule is CC(C)(CNc1ccc(F)cc1[N+](=O)[O-])C(N)=O. The molecule has 0 atom stereocenters. The third-order valence-electron chi connectivity index (χ3n) is 2.54. The summed E-state index contributed by atoms with van der Waals surface area (Å²) < 4.78 is 12.9. The number of carbonyl (C=O) groups excluding carboxylic acids is 1. The van der Waals surface area contributed by atoms with Crippen LogP contribution >= 0.6 is 0 Å². The average Bonchev–Trinajstić information content (AvgIpc) is 2.27. The van der Waals surface area contributed by atoms with E-state index in [0.29, 0.717) is 0 Å². The lowest BCUT2D eigenvalue weighted by atomic mass is 9.92. The molecule has 3 N–H and O–H groups in total. The van der Waals surface area contributed by atoms with Crippen molar-refractivity contribution in [2.45, 2.75) is 13.8 Å². The van der Waals surface area contributed by atoms with Gasteiger partial charge in [-0.25, -0.2) is 4.39 Å². The van der Waals surface area contributed by atoms with E-state index in [1.807, 2.05) is 0 Å². The lowest BCUT2D eigenvalue weighted by Gasteiger charge is -2.21. The largest absolute Gasteiger partial charge is 0.378 e. The van der Waals surface area contributed by atoms with Crippen LogP contribution in [0.3, 0.4) is 0 Å². The maximum atomic E-state index is 12.9. The van der Waals surface area contributed by atoms with Gasteiger partial charge in [0, 0.05) is 6.54 Å². The number of hydrogen-bond acceptors (Lipinski definition) is 4. The van der Waals surface area contributed by atoms with Gasteiger partial charge in [0.15, 0.2) is 0 Å². The van der Waals surface area contributed by atoms with Gasteiger partial charge in [-0.2, -0.15) is 0 Å². The van der Waals surface area contributed by atoms with Crippen LogP contribution in [0.25, 0.3) is 0 Å². The number of benzene rings is 1. The van der Waals surface area contributed by atoms with E-state index >= 15 is 0 Å². The Hall–Kier alpha value is -2.18. The van der Waals surface area contributed by atoms with Gasteiger partial charge in [0.25, 0.3) is 5.69 Å². The number of nitro benzene ring substituents is 1. The topological polar surface area (TPSA) is 98.3 Å². The fourth-order valence-corrected chi connectivity index (χ4v) is 1.21. The van der Waals surface area contributed by atoms with Crippen molar-refractivity contribution in [2.24, 2.45) is 11.1 Å². The van der Waals surface area contributed by atoms with E-state index < -0.39 is 22.1 Å². The van der Waals surface area contributed by atoms with Crippen molar-refractivity contribution in [1.82, 2.24) is 0 Å². The van der Waals surface area contributed by atoms with E-state index in [-0.39, 0.29) is 17.9 Å². The predicted molar refractivity (Wildman–Crippen MR) is 64.5 cm³/mol. The predicted octanol–water partition coefficient (Wildman–Crippen LogP) is 1.66. The van der Waals surface area contributed by atoms with Gasteiger partial charge in [0.05, 0.1) is 16.4 Å². The number of nitrogens with one attached hydrogen (secondary N) is 1. The number of anilines is 1. The number of nitrogens with zero attached hydrogens (tertiary/aromatic N) is 1. The molecule has 0 aliphatic rings. The molecule has 1 rings (SSSR count). The highest BCUT2D eigenvalue weighted by molar-refractivity contribution is 5.80. The summed E-state index contributed by atoms with van der Waals surface area (Å²) in [5, 5.41) is 13.5. The van der Waals surface area contributed by atoms with Crippen molar-refractivity contribution < 1.29 is 14.1 Å². The molecular formula is C11H14FN3O3. The Bertz CT molecular complexity index is 488. The Kier molecular flexibility index (Phi) is 3.85. The molecule has 1 aromatic carbocycles. The van der Waals surface area contributed by atoms with Crippen molar-refractivity contribution in [3.63, 3.8) is 0 Å². The molecule has 0 radical (unpaired) electrons. The zero-order valence-electron chi connectivity index (χ0n) is 10.1. The van der Waals surface area contributed by atoms with Crippen molar-refractivity contribution in [1.29, 1.82) is 0 Å². The normalized spacial score (nSPS) is 11.1. The number of halogens is 1. The molecule has 0 aliphatic carbocycles. The summed E-state index contributed by atoms with van der Waals surface area (Å²) in [6.45, 7) is 3.34. The second kappa shape index (κ2) is 4.99. The molecule has 0 bridgehead atoms. The van der Waals surface area contributed by atoms with E-state index in [1.165, 1.54) is 6.07 Å². The van der Waals surface area contributed by atoms with Crippen LogP contribution < -0.4 is 11.1 Å². The summed E-state index contributed by atoms with van der Waals surface area (Å²) in [5.41, 5.74) is 4.09. The van der Waals surface area contributed by atoms with Gasteiger partial charge in [-0.1, -0.05) is 0 Å². The third-order valence-corrected chi connectivity index (χ3v) is 2.54. The minimum atomic E-state index is -0.859. The number of nitrogens with two attached hydrogens (primary N) is 1. The molecule has 1 aromatic rings. The number of carbonyl (C=O) groups is 1. The van der Waals surface area contributed by atoms with E-state index in [1.54, 1.807) is 13.8 Å². The van der Waals surface area contributed by atoms with Crippen LogP contribution in [0.2, 0.25) is 0 Å². The van der Waals surface area contributed by atoms with Gasteiger partial charge in [-0.15, -0.1) is 0 Å². The Morgan fingerprint density at radius 1 is 1.56 bits per heavy atom. The first-order valence-electron chi connectivity index (χ1n) is 5.22. The molecular weight excluding hydrogens is 241 g/mol. The van der Waals surface area contributed by atoms with Crippen LogP contribution in [-0.2, 0) is 4.79 Å². The minimum absolute atomic E-state index is 0.120. The van der Waals surface area contributed by atoms with E-state index in [0.717, 1.165) is 12.1 Å². The zero-order chi connectivity index (χ0) is 13.9. The molecule has 0 spiro atoms.